The molecule has 2 aromatic carbocycles. The van der Waals surface area contributed by atoms with Crippen molar-refractivity contribution in [2.24, 2.45) is 0 Å². The van der Waals surface area contributed by atoms with E-state index in [1.165, 1.54) is 0 Å². The number of furan rings is 1. The van der Waals surface area contributed by atoms with Gasteiger partial charge in [-0.15, -0.1) is 0 Å². The van der Waals surface area contributed by atoms with Crippen LogP contribution in [0.15, 0.2) is 69.8 Å². The number of aromatic nitrogens is 1. The normalized spacial score (nSPS) is 10.6. The smallest absolute Gasteiger partial charge is 0.254 e. The van der Waals surface area contributed by atoms with Crippen LogP contribution in [-0.2, 0) is 13.1 Å². The summed E-state index contributed by atoms with van der Waals surface area (Å²) in [6.07, 6.45) is 1.57. The van der Waals surface area contributed by atoms with Gasteiger partial charge in [0.15, 0.2) is 17.3 Å². The van der Waals surface area contributed by atoms with Gasteiger partial charge in [-0.1, -0.05) is 5.16 Å². The van der Waals surface area contributed by atoms with Gasteiger partial charge in [0.1, 0.15) is 17.2 Å². The number of carbonyl (C=O) groups is 1. The third-order valence-corrected chi connectivity index (χ3v) is 5.41. The Morgan fingerprint density at radius 1 is 0.886 bits per heavy atom. The first kappa shape index (κ1) is 23.7. The molecule has 0 fully saturated rings. The highest BCUT2D eigenvalue weighted by molar-refractivity contribution is 5.94. The summed E-state index contributed by atoms with van der Waals surface area (Å²) in [4.78, 5) is 15.0. The van der Waals surface area contributed by atoms with Gasteiger partial charge in [-0.2, -0.15) is 0 Å². The van der Waals surface area contributed by atoms with E-state index >= 15 is 0 Å². The van der Waals surface area contributed by atoms with Gasteiger partial charge in [0.25, 0.3) is 5.91 Å². The zero-order valence-corrected chi connectivity index (χ0v) is 19.9. The first-order chi connectivity index (χ1) is 17.1. The third-order valence-electron chi connectivity index (χ3n) is 5.41. The highest BCUT2D eigenvalue weighted by Crippen LogP contribution is 2.41. The molecule has 0 aliphatic rings. The van der Waals surface area contributed by atoms with Crippen LogP contribution < -0.4 is 18.9 Å². The number of carbonyl (C=O) groups excluding carboxylic acids is 1. The maximum atomic E-state index is 13.3. The van der Waals surface area contributed by atoms with Crippen molar-refractivity contribution in [3.05, 3.63) is 77.9 Å². The van der Waals surface area contributed by atoms with E-state index in [9.17, 15) is 4.79 Å². The van der Waals surface area contributed by atoms with Crippen molar-refractivity contribution in [2.45, 2.75) is 13.1 Å². The van der Waals surface area contributed by atoms with Crippen LogP contribution in [0.1, 0.15) is 21.8 Å². The monoisotopic (exact) mass is 478 g/mol. The van der Waals surface area contributed by atoms with Gasteiger partial charge in [0.2, 0.25) is 5.75 Å². The lowest BCUT2D eigenvalue weighted by Gasteiger charge is -2.20. The third kappa shape index (κ3) is 5.24. The molecule has 0 saturated carbocycles. The van der Waals surface area contributed by atoms with Crippen LogP contribution in [0.4, 0.5) is 0 Å². The molecule has 4 aromatic rings. The number of amides is 1. The standard InChI is InChI=1S/C26H26N2O7/c1-30-20-9-7-17(8-10-20)26(29)28(16-21-6-5-11-34-21)15-19-14-22(35-27-19)18-12-23(31-2)25(33-4)24(13-18)32-3/h5-14H,15-16H2,1-4H3. The second-order valence-electron chi connectivity index (χ2n) is 7.57. The Morgan fingerprint density at radius 2 is 1.60 bits per heavy atom. The summed E-state index contributed by atoms with van der Waals surface area (Å²) >= 11 is 0. The topological polar surface area (TPSA) is 96.4 Å². The van der Waals surface area contributed by atoms with Crippen molar-refractivity contribution in [1.29, 1.82) is 0 Å². The van der Waals surface area contributed by atoms with Gasteiger partial charge < -0.3 is 32.8 Å². The zero-order valence-electron chi connectivity index (χ0n) is 19.9. The molecule has 182 valence electrons. The van der Waals surface area contributed by atoms with Crippen molar-refractivity contribution >= 4 is 5.91 Å². The van der Waals surface area contributed by atoms with Gasteiger partial charge in [-0.3, -0.25) is 4.79 Å². The van der Waals surface area contributed by atoms with E-state index in [0.717, 1.165) is 0 Å². The van der Waals surface area contributed by atoms with E-state index in [1.807, 2.05) is 6.07 Å². The Balaban J connectivity index is 1.61. The van der Waals surface area contributed by atoms with Crippen LogP contribution in [0.5, 0.6) is 23.0 Å². The van der Waals surface area contributed by atoms with Crippen LogP contribution in [-0.4, -0.2) is 44.4 Å². The number of methoxy groups -OCH3 is 4. The van der Waals surface area contributed by atoms with Crippen LogP contribution in [0, 0.1) is 0 Å². The maximum absolute atomic E-state index is 13.3. The number of ether oxygens (including phenoxy) is 4. The van der Waals surface area contributed by atoms with Crippen LogP contribution in [0.2, 0.25) is 0 Å². The molecule has 0 unspecified atom stereocenters. The van der Waals surface area contributed by atoms with Gasteiger partial charge in [-0.05, 0) is 48.5 Å². The van der Waals surface area contributed by atoms with E-state index in [1.54, 1.807) is 88.1 Å². The van der Waals surface area contributed by atoms with E-state index in [0.29, 0.717) is 51.3 Å². The molecule has 0 atom stereocenters. The summed E-state index contributed by atoms with van der Waals surface area (Å²) in [6, 6.07) is 15.9. The van der Waals surface area contributed by atoms with E-state index in [2.05, 4.69) is 5.16 Å². The fourth-order valence-corrected chi connectivity index (χ4v) is 3.65. The lowest BCUT2D eigenvalue weighted by atomic mass is 10.1. The van der Waals surface area contributed by atoms with Crippen molar-refractivity contribution in [3.8, 4) is 34.3 Å². The average Bonchev–Trinajstić information content (AvgIpc) is 3.59. The predicted molar refractivity (Wildman–Crippen MR) is 127 cm³/mol. The first-order valence-electron chi connectivity index (χ1n) is 10.8. The first-order valence-corrected chi connectivity index (χ1v) is 10.8. The molecule has 35 heavy (non-hydrogen) atoms. The summed E-state index contributed by atoms with van der Waals surface area (Å²) in [5, 5.41) is 4.19. The summed E-state index contributed by atoms with van der Waals surface area (Å²) < 4.78 is 32.5. The lowest BCUT2D eigenvalue weighted by molar-refractivity contribution is 0.0713. The molecule has 4 rings (SSSR count). The van der Waals surface area contributed by atoms with Crippen LogP contribution in [0.3, 0.4) is 0 Å². The second kappa shape index (κ2) is 10.7. The van der Waals surface area contributed by atoms with Gasteiger partial charge in [-0.25, -0.2) is 0 Å². The summed E-state index contributed by atoms with van der Waals surface area (Å²) in [5.74, 6) is 3.11. The number of benzene rings is 2. The van der Waals surface area contributed by atoms with Crippen molar-refractivity contribution in [3.63, 3.8) is 0 Å². The Hall–Kier alpha value is -4.40. The molecular weight excluding hydrogens is 452 g/mol. The fourth-order valence-electron chi connectivity index (χ4n) is 3.65. The number of nitrogens with zero attached hydrogens (tertiary/aromatic N) is 2. The summed E-state index contributed by atoms with van der Waals surface area (Å²) in [6.45, 7) is 0.476. The van der Waals surface area contributed by atoms with E-state index < -0.39 is 0 Å². The number of hydrogen-bond acceptors (Lipinski definition) is 8. The minimum atomic E-state index is -0.179. The molecule has 0 aliphatic carbocycles. The van der Waals surface area contributed by atoms with E-state index in [-0.39, 0.29) is 19.0 Å². The van der Waals surface area contributed by atoms with Crippen LogP contribution >= 0.6 is 0 Å². The highest BCUT2D eigenvalue weighted by atomic mass is 16.5. The molecule has 0 radical (unpaired) electrons. The van der Waals surface area contributed by atoms with Crippen molar-refractivity contribution < 1.29 is 32.7 Å². The molecule has 1 amide bonds. The molecule has 0 spiro atoms. The molecule has 0 N–H and O–H groups in total. The predicted octanol–water partition coefficient (Wildman–Crippen LogP) is 4.81. The summed E-state index contributed by atoms with van der Waals surface area (Å²) in [7, 11) is 6.21. The zero-order chi connectivity index (χ0) is 24.8. The Kier molecular flexibility index (Phi) is 7.25. The minimum Gasteiger partial charge on any atom is -0.497 e. The Morgan fingerprint density at radius 3 is 2.17 bits per heavy atom. The SMILES string of the molecule is COc1ccc(C(=O)N(Cc2cc(-c3cc(OC)c(OC)c(OC)c3)on2)Cc2ccco2)cc1. The largest absolute Gasteiger partial charge is 0.497 e. The van der Waals surface area contributed by atoms with Gasteiger partial charge >= 0.3 is 0 Å². The Labute approximate surface area is 202 Å². The second-order valence-corrected chi connectivity index (χ2v) is 7.57. The summed E-state index contributed by atoms with van der Waals surface area (Å²) in [5.41, 5.74) is 1.78. The van der Waals surface area contributed by atoms with Crippen molar-refractivity contribution in [2.75, 3.05) is 28.4 Å². The molecule has 9 heteroatoms. The molecule has 0 saturated heterocycles. The highest BCUT2D eigenvalue weighted by Gasteiger charge is 2.21. The molecule has 9 nitrogen and oxygen atoms in total. The lowest BCUT2D eigenvalue weighted by Crippen LogP contribution is -2.30. The molecular formula is C26H26N2O7. The van der Waals surface area contributed by atoms with Crippen LogP contribution in [0.25, 0.3) is 11.3 Å². The quantitative estimate of drug-likeness (QED) is 0.320. The fraction of sp³-hybridized carbons (Fsp3) is 0.231. The maximum Gasteiger partial charge on any atom is 0.254 e. The minimum absolute atomic E-state index is 0.179. The Bertz CT molecular complexity index is 1240. The average molecular weight is 479 g/mol. The van der Waals surface area contributed by atoms with Crippen molar-refractivity contribution in [1.82, 2.24) is 10.1 Å². The molecule has 2 heterocycles. The van der Waals surface area contributed by atoms with Gasteiger partial charge in [0.05, 0.1) is 47.8 Å². The number of hydrogen-bond donors (Lipinski definition) is 0. The molecule has 2 aromatic heterocycles. The molecule has 0 aliphatic heterocycles. The molecule has 0 bridgehead atoms. The van der Waals surface area contributed by atoms with E-state index in [4.69, 9.17) is 27.9 Å². The van der Waals surface area contributed by atoms with Gasteiger partial charge in [0, 0.05) is 17.2 Å². The number of rotatable bonds is 10.